The first-order valence-electron chi connectivity index (χ1n) is 10.2. The molecular formula is C19H36N4S. The molecule has 1 aliphatic carbocycles. The lowest BCUT2D eigenvalue weighted by Gasteiger charge is -2.36. The summed E-state index contributed by atoms with van der Waals surface area (Å²) in [5.41, 5.74) is 0. The third-order valence-corrected chi connectivity index (χ3v) is 6.95. The van der Waals surface area contributed by atoms with Crippen molar-refractivity contribution >= 4 is 17.7 Å². The minimum Gasteiger partial charge on any atom is -0.357 e. The van der Waals surface area contributed by atoms with Gasteiger partial charge >= 0.3 is 0 Å². The normalized spacial score (nSPS) is 26.0. The van der Waals surface area contributed by atoms with E-state index in [1.807, 2.05) is 0 Å². The van der Waals surface area contributed by atoms with Crippen molar-refractivity contribution in [2.24, 2.45) is 10.9 Å². The second kappa shape index (κ2) is 9.91. The van der Waals surface area contributed by atoms with Crippen LogP contribution in [0.4, 0.5) is 0 Å². The second-order valence-corrected chi connectivity index (χ2v) is 8.89. The van der Waals surface area contributed by atoms with Crippen molar-refractivity contribution in [3.05, 3.63) is 0 Å². The number of thioether (sulfide) groups is 1. The van der Waals surface area contributed by atoms with E-state index in [0.29, 0.717) is 6.04 Å². The maximum Gasteiger partial charge on any atom is 0.191 e. The van der Waals surface area contributed by atoms with E-state index in [1.54, 1.807) is 0 Å². The molecule has 0 atom stereocenters. The fraction of sp³-hybridized carbons (Fsp3) is 0.947. The van der Waals surface area contributed by atoms with Crippen molar-refractivity contribution in [1.82, 2.24) is 15.5 Å². The molecule has 2 heterocycles. The van der Waals surface area contributed by atoms with Crippen LogP contribution in [0.5, 0.6) is 0 Å². The highest BCUT2D eigenvalue weighted by molar-refractivity contribution is 7.99. The lowest BCUT2D eigenvalue weighted by atomic mass is 10.0. The summed E-state index contributed by atoms with van der Waals surface area (Å²) < 4.78 is 0. The lowest BCUT2D eigenvalue weighted by Crippen LogP contribution is -2.50. The molecule has 24 heavy (non-hydrogen) atoms. The predicted octanol–water partition coefficient (Wildman–Crippen LogP) is 3.09. The first kappa shape index (κ1) is 18.4. The van der Waals surface area contributed by atoms with E-state index in [9.17, 15) is 0 Å². The summed E-state index contributed by atoms with van der Waals surface area (Å²) >= 11 is 2.10. The summed E-state index contributed by atoms with van der Waals surface area (Å²) in [6.07, 6.45) is 11.0. The number of guanidine groups is 1. The minimum atomic E-state index is 0.599. The molecule has 2 N–H and O–H groups in total. The Morgan fingerprint density at radius 1 is 1.04 bits per heavy atom. The van der Waals surface area contributed by atoms with Crippen molar-refractivity contribution in [1.29, 1.82) is 0 Å². The quantitative estimate of drug-likeness (QED) is 0.589. The van der Waals surface area contributed by atoms with Crippen molar-refractivity contribution in [2.45, 2.75) is 70.4 Å². The molecular weight excluding hydrogens is 316 g/mol. The van der Waals surface area contributed by atoms with Gasteiger partial charge < -0.3 is 15.5 Å². The zero-order valence-electron chi connectivity index (χ0n) is 15.4. The van der Waals surface area contributed by atoms with Crippen LogP contribution in [-0.2, 0) is 0 Å². The van der Waals surface area contributed by atoms with E-state index in [4.69, 9.17) is 4.99 Å². The summed E-state index contributed by atoms with van der Waals surface area (Å²) in [6, 6.07) is 1.49. The van der Waals surface area contributed by atoms with Crippen LogP contribution < -0.4 is 10.6 Å². The molecule has 0 aromatic carbocycles. The van der Waals surface area contributed by atoms with Gasteiger partial charge in [0, 0.05) is 38.3 Å². The molecule has 0 aromatic heterocycles. The summed E-state index contributed by atoms with van der Waals surface area (Å²) in [5.74, 6) is 4.49. The molecule has 2 saturated heterocycles. The van der Waals surface area contributed by atoms with E-state index in [1.165, 1.54) is 76.0 Å². The molecule has 0 radical (unpaired) electrons. The molecule has 0 bridgehead atoms. The number of nitrogens with one attached hydrogen (secondary N) is 2. The first-order valence-corrected chi connectivity index (χ1v) is 11.4. The predicted molar refractivity (Wildman–Crippen MR) is 106 cm³/mol. The van der Waals surface area contributed by atoms with E-state index in [0.717, 1.165) is 31.0 Å². The van der Waals surface area contributed by atoms with Crippen molar-refractivity contribution < 1.29 is 0 Å². The minimum absolute atomic E-state index is 0.599. The highest BCUT2D eigenvalue weighted by Crippen LogP contribution is 2.26. The van der Waals surface area contributed by atoms with Crippen LogP contribution in [0.2, 0.25) is 0 Å². The summed E-state index contributed by atoms with van der Waals surface area (Å²) in [5, 5.41) is 7.17. The number of piperidine rings is 1. The summed E-state index contributed by atoms with van der Waals surface area (Å²) in [6.45, 7) is 6.64. The van der Waals surface area contributed by atoms with Gasteiger partial charge in [0.15, 0.2) is 5.96 Å². The van der Waals surface area contributed by atoms with Gasteiger partial charge in [-0.1, -0.05) is 12.8 Å². The summed E-state index contributed by atoms with van der Waals surface area (Å²) in [7, 11) is 0. The molecule has 0 spiro atoms. The van der Waals surface area contributed by atoms with Crippen molar-refractivity contribution in [2.75, 3.05) is 37.7 Å². The molecule has 0 unspecified atom stereocenters. The molecule has 3 rings (SSSR count). The number of nitrogens with zero attached hydrogens (tertiary/aromatic N) is 2. The van der Waals surface area contributed by atoms with E-state index in [2.05, 4.69) is 34.2 Å². The number of hydrogen-bond acceptors (Lipinski definition) is 3. The molecule has 3 aliphatic rings. The fourth-order valence-electron chi connectivity index (χ4n) is 4.34. The molecule has 0 aromatic rings. The number of hydrogen-bond donors (Lipinski definition) is 2. The van der Waals surface area contributed by atoms with Crippen LogP contribution in [0.25, 0.3) is 0 Å². The van der Waals surface area contributed by atoms with Crippen LogP contribution >= 0.6 is 11.8 Å². The number of rotatable bonds is 5. The average molecular weight is 353 g/mol. The van der Waals surface area contributed by atoms with Crippen LogP contribution in [0.1, 0.15) is 58.3 Å². The van der Waals surface area contributed by atoms with Crippen LogP contribution in [-0.4, -0.2) is 60.6 Å². The van der Waals surface area contributed by atoms with E-state index in [-0.39, 0.29) is 0 Å². The SMILES string of the molecule is CCNC(=NCC1CCSCC1)NC1CCN(C2CCCC2)CC1. The van der Waals surface area contributed by atoms with Gasteiger partial charge in [-0.25, -0.2) is 0 Å². The van der Waals surface area contributed by atoms with E-state index < -0.39 is 0 Å². The third kappa shape index (κ3) is 5.55. The standard InChI is InChI=1S/C19H36N4S/c1-2-20-19(21-15-16-9-13-24-14-10-16)22-17-7-11-23(12-8-17)18-5-3-4-6-18/h16-18H,2-15H2,1H3,(H2,20,21,22). The van der Waals surface area contributed by atoms with Crippen LogP contribution in [0.15, 0.2) is 4.99 Å². The van der Waals surface area contributed by atoms with Gasteiger partial charge in [0.05, 0.1) is 0 Å². The Kier molecular flexibility index (Phi) is 7.58. The van der Waals surface area contributed by atoms with Gasteiger partial charge in [-0.2, -0.15) is 11.8 Å². The molecule has 0 amide bonds. The van der Waals surface area contributed by atoms with Gasteiger partial charge in [-0.3, -0.25) is 4.99 Å². The Labute approximate surface area is 152 Å². The van der Waals surface area contributed by atoms with Gasteiger partial charge in [-0.05, 0) is 62.9 Å². The van der Waals surface area contributed by atoms with Crippen LogP contribution in [0.3, 0.4) is 0 Å². The maximum atomic E-state index is 4.90. The largest absolute Gasteiger partial charge is 0.357 e. The van der Waals surface area contributed by atoms with Crippen molar-refractivity contribution in [3.63, 3.8) is 0 Å². The topological polar surface area (TPSA) is 39.7 Å². The zero-order chi connectivity index (χ0) is 16.6. The zero-order valence-corrected chi connectivity index (χ0v) is 16.3. The monoisotopic (exact) mass is 352 g/mol. The average Bonchev–Trinajstić information content (AvgIpc) is 3.16. The van der Waals surface area contributed by atoms with E-state index >= 15 is 0 Å². The second-order valence-electron chi connectivity index (χ2n) is 7.67. The van der Waals surface area contributed by atoms with Crippen molar-refractivity contribution in [3.8, 4) is 0 Å². The van der Waals surface area contributed by atoms with Gasteiger partial charge in [0.25, 0.3) is 0 Å². The molecule has 1 saturated carbocycles. The lowest BCUT2D eigenvalue weighted by molar-refractivity contribution is 0.150. The Hall–Kier alpha value is -0.420. The maximum absolute atomic E-state index is 4.90. The smallest absolute Gasteiger partial charge is 0.191 e. The third-order valence-electron chi connectivity index (χ3n) is 5.90. The Morgan fingerprint density at radius 3 is 2.42 bits per heavy atom. The number of likely N-dealkylation sites (tertiary alicyclic amines) is 1. The van der Waals surface area contributed by atoms with Gasteiger partial charge in [0.1, 0.15) is 0 Å². The first-order chi connectivity index (χ1) is 11.8. The fourth-order valence-corrected chi connectivity index (χ4v) is 5.55. The van der Waals surface area contributed by atoms with Gasteiger partial charge in [0.2, 0.25) is 0 Å². The Morgan fingerprint density at radius 2 is 1.75 bits per heavy atom. The summed E-state index contributed by atoms with van der Waals surface area (Å²) in [4.78, 5) is 7.64. The number of aliphatic imine (C=N–C) groups is 1. The Balaban J connectivity index is 1.43. The molecule has 138 valence electrons. The molecule has 5 heteroatoms. The Bertz CT molecular complexity index is 381. The molecule has 4 nitrogen and oxygen atoms in total. The molecule has 2 aliphatic heterocycles. The highest BCUT2D eigenvalue weighted by atomic mass is 32.2. The highest BCUT2D eigenvalue weighted by Gasteiger charge is 2.27. The molecule has 3 fully saturated rings. The van der Waals surface area contributed by atoms with Gasteiger partial charge in [-0.15, -0.1) is 0 Å². The van der Waals surface area contributed by atoms with Crippen LogP contribution in [0, 0.1) is 5.92 Å².